The molecule has 0 bridgehead atoms. The van der Waals surface area contributed by atoms with Crippen LogP contribution < -0.4 is 5.73 Å². The van der Waals surface area contributed by atoms with Crippen molar-refractivity contribution in [1.29, 1.82) is 0 Å². The molecule has 0 aromatic heterocycles. The average molecular weight is 143 g/mol. The third-order valence-corrected chi connectivity index (χ3v) is 3.02. The maximum atomic E-state index is 5.66. The van der Waals surface area contributed by atoms with E-state index in [2.05, 4.69) is 20.8 Å². The molecule has 0 aromatic rings. The summed E-state index contributed by atoms with van der Waals surface area (Å²) in [5, 5.41) is 0. The Morgan fingerprint density at radius 2 is 2.00 bits per heavy atom. The summed E-state index contributed by atoms with van der Waals surface area (Å²) >= 11 is 0. The van der Waals surface area contributed by atoms with Crippen LogP contribution in [0, 0.1) is 5.41 Å². The van der Waals surface area contributed by atoms with Crippen LogP contribution in [0.3, 0.4) is 0 Å². The fraction of sp³-hybridized carbons (Fsp3) is 1.00. The Balaban J connectivity index is 2.76. The third kappa shape index (κ3) is 0.956. The molecule has 1 rings (SSSR count). The second kappa shape index (κ2) is 2.21. The first-order valence-corrected chi connectivity index (χ1v) is 3.86. The highest BCUT2D eigenvalue weighted by Crippen LogP contribution is 2.41. The van der Waals surface area contributed by atoms with Crippen molar-refractivity contribution in [3.63, 3.8) is 0 Å². The fourth-order valence-electron chi connectivity index (χ4n) is 1.35. The molecule has 60 valence electrons. The van der Waals surface area contributed by atoms with Crippen LogP contribution in [-0.2, 0) is 4.74 Å². The lowest BCUT2D eigenvalue weighted by Gasteiger charge is -2.35. The molecule has 0 saturated carbocycles. The Bertz CT molecular complexity index is 133. The summed E-state index contributed by atoms with van der Waals surface area (Å²) < 4.78 is 5.57. The topological polar surface area (TPSA) is 35.2 Å². The first-order chi connectivity index (χ1) is 4.52. The molecular weight excluding hydrogens is 126 g/mol. The van der Waals surface area contributed by atoms with Gasteiger partial charge in [-0.2, -0.15) is 0 Å². The Hall–Kier alpha value is -0.0800. The molecular formula is C8H17NO. The minimum absolute atomic E-state index is 0.0260. The van der Waals surface area contributed by atoms with E-state index < -0.39 is 0 Å². The highest BCUT2D eigenvalue weighted by atomic mass is 16.5. The quantitative estimate of drug-likeness (QED) is 0.597. The predicted molar refractivity (Wildman–Crippen MR) is 41.8 cm³/mol. The van der Waals surface area contributed by atoms with Crippen LogP contribution in [0.1, 0.15) is 27.2 Å². The minimum Gasteiger partial charge on any atom is -0.375 e. The molecule has 1 heterocycles. The lowest BCUT2D eigenvalue weighted by molar-refractivity contribution is -0.0219. The summed E-state index contributed by atoms with van der Waals surface area (Å²) in [6.45, 7) is 8.01. The van der Waals surface area contributed by atoms with E-state index in [0.717, 1.165) is 19.6 Å². The van der Waals surface area contributed by atoms with Gasteiger partial charge in [0.15, 0.2) is 0 Å². The molecule has 2 nitrogen and oxygen atoms in total. The third-order valence-electron chi connectivity index (χ3n) is 3.02. The van der Waals surface area contributed by atoms with Crippen LogP contribution >= 0.6 is 0 Å². The van der Waals surface area contributed by atoms with Crippen molar-refractivity contribution in [2.45, 2.75) is 32.8 Å². The van der Waals surface area contributed by atoms with E-state index in [1.54, 1.807) is 0 Å². The van der Waals surface area contributed by atoms with Gasteiger partial charge in [-0.25, -0.2) is 0 Å². The summed E-state index contributed by atoms with van der Waals surface area (Å²) in [6, 6.07) is 0. The number of hydrogen-bond donors (Lipinski definition) is 1. The van der Waals surface area contributed by atoms with Crippen LogP contribution in [0.15, 0.2) is 0 Å². The number of rotatable bonds is 1. The zero-order valence-corrected chi connectivity index (χ0v) is 7.11. The molecule has 0 radical (unpaired) electrons. The van der Waals surface area contributed by atoms with Gasteiger partial charge in [-0.15, -0.1) is 0 Å². The molecule has 2 heteroatoms. The molecule has 0 unspecified atom stereocenters. The molecule has 0 amide bonds. The van der Waals surface area contributed by atoms with Crippen molar-refractivity contribution in [3.8, 4) is 0 Å². The molecule has 1 aliphatic heterocycles. The lowest BCUT2D eigenvalue weighted by atomic mass is 9.75. The Morgan fingerprint density at radius 1 is 1.40 bits per heavy atom. The second-order valence-corrected chi connectivity index (χ2v) is 3.87. The fourth-order valence-corrected chi connectivity index (χ4v) is 1.35. The molecule has 1 atom stereocenters. The second-order valence-electron chi connectivity index (χ2n) is 3.87. The van der Waals surface area contributed by atoms with Crippen molar-refractivity contribution in [1.82, 2.24) is 0 Å². The normalized spacial score (nSPS) is 38.4. The summed E-state index contributed by atoms with van der Waals surface area (Å²) in [6.07, 6.45) is 1.09. The summed E-state index contributed by atoms with van der Waals surface area (Å²) in [7, 11) is 0. The molecule has 1 aliphatic rings. The monoisotopic (exact) mass is 143 g/mol. The highest BCUT2D eigenvalue weighted by Gasteiger charge is 2.45. The van der Waals surface area contributed by atoms with E-state index in [1.807, 2.05) is 0 Å². The molecule has 0 aromatic carbocycles. The zero-order valence-electron chi connectivity index (χ0n) is 7.11. The van der Waals surface area contributed by atoms with Crippen LogP contribution in [0.4, 0.5) is 0 Å². The summed E-state index contributed by atoms with van der Waals surface area (Å²) in [4.78, 5) is 0. The van der Waals surface area contributed by atoms with Crippen LogP contribution in [0.2, 0.25) is 0 Å². The van der Waals surface area contributed by atoms with Gasteiger partial charge in [-0.3, -0.25) is 0 Å². The first-order valence-electron chi connectivity index (χ1n) is 3.86. The Kier molecular flexibility index (Phi) is 1.77. The number of hydrogen-bond acceptors (Lipinski definition) is 2. The van der Waals surface area contributed by atoms with Gasteiger partial charge in [0, 0.05) is 18.6 Å². The van der Waals surface area contributed by atoms with Gasteiger partial charge in [0.05, 0.1) is 5.60 Å². The average Bonchev–Trinajstić information content (AvgIpc) is 2.10. The van der Waals surface area contributed by atoms with E-state index in [0.29, 0.717) is 0 Å². The van der Waals surface area contributed by atoms with Crippen LogP contribution in [0.25, 0.3) is 0 Å². The molecule has 2 N–H and O–H groups in total. The summed E-state index contributed by atoms with van der Waals surface area (Å²) in [5.41, 5.74) is 5.83. The van der Waals surface area contributed by atoms with Crippen molar-refractivity contribution < 1.29 is 4.74 Å². The zero-order chi connectivity index (χ0) is 7.83. The molecule has 1 saturated heterocycles. The number of ether oxygens (including phenoxy) is 1. The smallest absolute Gasteiger partial charge is 0.0692 e. The van der Waals surface area contributed by atoms with Gasteiger partial charge in [0.2, 0.25) is 0 Å². The van der Waals surface area contributed by atoms with Crippen molar-refractivity contribution >= 4 is 0 Å². The Morgan fingerprint density at radius 3 is 2.20 bits per heavy atom. The molecule has 0 aliphatic carbocycles. The van der Waals surface area contributed by atoms with Gasteiger partial charge in [0.1, 0.15) is 0 Å². The van der Waals surface area contributed by atoms with Gasteiger partial charge in [-0.1, -0.05) is 6.92 Å². The maximum Gasteiger partial charge on any atom is 0.0692 e. The van der Waals surface area contributed by atoms with Crippen molar-refractivity contribution in [3.05, 3.63) is 0 Å². The maximum absolute atomic E-state index is 5.66. The highest BCUT2D eigenvalue weighted by molar-refractivity contribution is 4.95. The van der Waals surface area contributed by atoms with Gasteiger partial charge < -0.3 is 10.5 Å². The number of nitrogens with two attached hydrogens (primary N) is 1. The van der Waals surface area contributed by atoms with E-state index in [1.165, 1.54) is 0 Å². The standard InChI is InChI=1S/C8H17NO/c1-7(2)8(3,6-9)4-5-10-7/h4-6,9H2,1-3H3/t8-/m1/s1. The van der Waals surface area contributed by atoms with E-state index >= 15 is 0 Å². The van der Waals surface area contributed by atoms with E-state index in [-0.39, 0.29) is 11.0 Å². The lowest BCUT2D eigenvalue weighted by Crippen LogP contribution is -2.42. The summed E-state index contributed by atoms with van der Waals surface area (Å²) in [5.74, 6) is 0. The van der Waals surface area contributed by atoms with Crippen LogP contribution in [-0.4, -0.2) is 18.8 Å². The van der Waals surface area contributed by atoms with Crippen LogP contribution in [0.5, 0.6) is 0 Å². The molecule has 1 fully saturated rings. The SMILES string of the molecule is CC1(C)OCC[C@]1(C)CN. The van der Waals surface area contributed by atoms with E-state index in [4.69, 9.17) is 10.5 Å². The van der Waals surface area contributed by atoms with Crippen molar-refractivity contribution in [2.24, 2.45) is 11.1 Å². The predicted octanol–water partition coefficient (Wildman–Crippen LogP) is 1.15. The molecule has 0 spiro atoms. The largest absolute Gasteiger partial charge is 0.375 e. The van der Waals surface area contributed by atoms with E-state index in [9.17, 15) is 0 Å². The molecule has 10 heavy (non-hydrogen) atoms. The minimum atomic E-state index is -0.0260. The van der Waals surface area contributed by atoms with Gasteiger partial charge in [0.25, 0.3) is 0 Å². The van der Waals surface area contributed by atoms with Crippen molar-refractivity contribution in [2.75, 3.05) is 13.2 Å². The van der Waals surface area contributed by atoms with Gasteiger partial charge >= 0.3 is 0 Å². The Labute approximate surface area is 62.7 Å². The first kappa shape index (κ1) is 8.02. The van der Waals surface area contributed by atoms with Gasteiger partial charge in [-0.05, 0) is 20.3 Å².